The molecule has 0 aromatic carbocycles. The van der Waals surface area contributed by atoms with E-state index in [4.69, 9.17) is 9.47 Å². The van der Waals surface area contributed by atoms with Crippen LogP contribution in [0.5, 0.6) is 0 Å². The van der Waals surface area contributed by atoms with Gasteiger partial charge in [0, 0.05) is 31.7 Å². The van der Waals surface area contributed by atoms with Gasteiger partial charge in [-0.1, -0.05) is 0 Å². The number of fused-ring (bicyclic) bond motifs is 1. The molecule has 5 heteroatoms. The zero-order valence-electron chi connectivity index (χ0n) is 14.0. The summed E-state index contributed by atoms with van der Waals surface area (Å²) in [6.07, 6.45) is 6.41. The summed E-state index contributed by atoms with van der Waals surface area (Å²) in [6.45, 7) is 6.60. The molecule has 1 aromatic rings. The van der Waals surface area contributed by atoms with E-state index in [0.29, 0.717) is 6.10 Å². The fraction of sp³-hybridized carbons (Fsp3) is 0.778. The van der Waals surface area contributed by atoms with Crippen LogP contribution < -0.4 is 4.90 Å². The van der Waals surface area contributed by atoms with Gasteiger partial charge < -0.3 is 14.4 Å². The minimum atomic E-state index is 0.123. The fourth-order valence-corrected chi connectivity index (χ4v) is 3.97. The molecule has 2 atom stereocenters. The number of hydrogen-bond donors (Lipinski definition) is 0. The lowest BCUT2D eigenvalue weighted by Crippen LogP contribution is -2.57. The van der Waals surface area contributed by atoms with E-state index in [9.17, 15) is 0 Å². The first-order chi connectivity index (χ1) is 11.3. The molecule has 3 fully saturated rings. The molecule has 0 bridgehead atoms. The summed E-state index contributed by atoms with van der Waals surface area (Å²) < 4.78 is 12.2. The number of hydrogen-bond acceptors (Lipinski definition) is 5. The Morgan fingerprint density at radius 3 is 3.00 bits per heavy atom. The molecular formula is C18H27N3O2. The number of piperidine rings is 1. The predicted octanol–water partition coefficient (Wildman–Crippen LogP) is 2.59. The molecule has 4 rings (SSSR count). The maximum absolute atomic E-state index is 6.12. The lowest BCUT2D eigenvalue weighted by atomic mass is 9.73. The van der Waals surface area contributed by atoms with Gasteiger partial charge in [0.05, 0.1) is 18.4 Å². The highest BCUT2D eigenvalue weighted by Crippen LogP contribution is 2.42. The van der Waals surface area contributed by atoms with Gasteiger partial charge in [0.25, 0.3) is 0 Å². The van der Waals surface area contributed by atoms with Gasteiger partial charge in [-0.15, -0.1) is 5.10 Å². The summed E-state index contributed by atoms with van der Waals surface area (Å²) in [5.41, 5.74) is 1.09. The molecule has 23 heavy (non-hydrogen) atoms. The molecule has 0 spiro atoms. The van der Waals surface area contributed by atoms with Gasteiger partial charge in [-0.05, 0) is 57.1 Å². The molecule has 2 aliphatic heterocycles. The second-order valence-corrected chi connectivity index (χ2v) is 7.53. The van der Waals surface area contributed by atoms with Crippen LogP contribution in [0.1, 0.15) is 37.8 Å². The molecule has 0 radical (unpaired) electrons. The zero-order valence-corrected chi connectivity index (χ0v) is 14.0. The quantitative estimate of drug-likeness (QED) is 0.835. The minimum absolute atomic E-state index is 0.123. The maximum Gasteiger partial charge on any atom is 0.151 e. The summed E-state index contributed by atoms with van der Waals surface area (Å²) in [6, 6.07) is 4.13. The van der Waals surface area contributed by atoms with Crippen molar-refractivity contribution in [1.29, 1.82) is 0 Å². The van der Waals surface area contributed by atoms with Gasteiger partial charge in [0.1, 0.15) is 0 Å². The molecule has 2 saturated heterocycles. The summed E-state index contributed by atoms with van der Waals surface area (Å²) in [4.78, 5) is 2.37. The lowest BCUT2D eigenvalue weighted by molar-refractivity contribution is -0.126. The van der Waals surface area contributed by atoms with Crippen molar-refractivity contribution in [3.63, 3.8) is 0 Å². The largest absolute Gasteiger partial charge is 0.380 e. The first kappa shape index (κ1) is 15.3. The standard InChI is InChI=1S/C18H27N3O2/c1-14-3-6-17(20-19-14)21-9-7-16-18(12-21,8-2-10-23-16)13-22-11-15-4-5-15/h3,6,15-16H,2,4-5,7-13H2,1H3. The predicted molar refractivity (Wildman–Crippen MR) is 88.5 cm³/mol. The number of ether oxygens (including phenoxy) is 2. The SMILES string of the molecule is Cc1ccc(N2CCC3OCCCC3(COCC3CC3)C2)nn1. The van der Waals surface area contributed by atoms with Crippen molar-refractivity contribution < 1.29 is 9.47 Å². The molecule has 1 saturated carbocycles. The Bertz CT molecular complexity index is 532. The van der Waals surface area contributed by atoms with Crippen LogP contribution in [0, 0.1) is 18.3 Å². The van der Waals surface area contributed by atoms with E-state index in [1.54, 1.807) is 0 Å². The fourth-order valence-electron chi connectivity index (χ4n) is 3.97. The van der Waals surface area contributed by atoms with Gasteiger partial charge >= 0.3 is 0 Å². The highest BCUT2D eigenvalue weighted by Gasteiger charge is 2.46. The monoisotopic (exact) mass is 317 g/mol. The van der Waals surface area contributed by atoms with Gasteiger partial charge in [0.15, 0.2) is 5.82 Å². The van der Waals surface area contributed by atoms with E-state index in [1.165, 1.54) is 19.3 Å². The average Bonchev–Trinajstić information content (AvgIpc) is 3.39. The van der Waals surface area contributed by atoms with Crippen LogP contribution in [0.3, 0.4) is 0 Å². The molecular weight excluding hydrogens is 290 g/mol. The van der Waals surface area contributed by atoms with Gasteiger partial charge in [-0.3, -0.25) is 0 Å². The third-order valence-electron chi connectivity index (χ3n) is 5.54. The van der Waals surface area contributed by atoms with Crippen molar-refractivity contribution in [2.75, 3.05) is 37.8 Å². The van der Waals surface area contributed by atoms with Gasteiger partial charge in [0.2, 0.25) is 0 Å². The van der Waals surface area contributed by atoms with Crippen LogP contribution in [0.15, 0.2) is 12.1 Å². The van der Waals surface area contributed by atoms with Crippen LogP contribution in [0.2, 0.25) is 0 Å². The molecule has 1 aliphatic carbocycles. The molecule has 0 N–H and O–H groups in total. The van der Waals surface area contributed by atoms with E-state index in [-0.39, 0.29) is 5.41 Å². The van der Waals surface area contributed by atoms with Gasteiger partial charge in [-0.25, -0.2) is 0 Å². The van der Waals surface area contributed by atoms with Crippen LogP contribution in [-0.2, 0) is 9.47 Å². The maximum atomic E-state index is 6.12. The van der Waals surface area contributed by atoms with E-state index in [0.717, 1.165) is 63.2 Å². The number of aryl methyl sites for hydroxylation is 1. The summed E-state index contributed by atoms with van der Waals surface area (Å²) in [7, 11) is 0. The Balaban J connectivity index is 1.47. The number of nitrogens with zero attached hydrogens (tertiary/aromatic N) is 3. The van der Waals surface area contributed by atoms with E-state index in [1.807, 2.05) is 13.0 Å². The topological polar surface area (TPSA) is 47.5 Å². The van der Waals surface area contributed by atoms with Crippen molar-refractivity contribution >= 4 is 5.82 Å². The molecule has 1 aromatic heterocycles. The molecule has 5 nitrogen and oxygen atoms in total. The van der Waals surface area contributed by atoms with Crippen molar-refractivity contribution in [2.45, 2.75) is 45.1 Å². The number of aromatic nitrogens is 2. The molecule has 2 unspecified atom stereocenters. The van der Waals surface area contributed by atoms with Crippen LogP contribution in [0.25, 0.3) is 0 Å². The molecule has 3 heterocycles. The average molecular weight is 317 g/mol. The van der Waals surface area contributed by atoms with Crippen LogP contribution in [0.4, 0.5) is 5.82 Å². The third-order valence-corrected chi connectivity index (χ3v) is 5.54. The first-order valence-electron chi connectivity index (χ1n) is 9.00. The highest BCUT2D eigenvalue weighted by molar-refractivity contribution is 5.39. The smallest absolute Gasteiger partial charge is 0.151 e. The zero-order chi connectivity index (χ0) is 15.7. The summed E-state index contributed by atoms with van der Waals surface area (Å²) in [5.74, 6) is 1.80. The Labute approximate surface area is 138 Å². The van der Waals surface area contributed by atoms with Gasteiger partial charge in [-0.2, -0.15) is 5.10 Å². The lowest BCUT2D eigenvalue weighted by Gasteiger charge is -2.50. The second kappa shape index (κ2) is 6.36. The summed E-state index contributed by atoms with van der Waals surface area (Å²) in [5, 5.41) is 8.60. The Hall–Kier alpha value is -1.20. The van der Waals surface area contributed by atoms with Crippen LogP contribution in [-0.4, -0.2) is 49.2 Å². The van der Waals surface area contributed by atoms with E-state index < -0.39 is 0 Å². The molecule has 3 aliphatic rings. The highest BCUT2D eigenvalue weighted by atomic mass is 16.5. The Morgan fingerprint density at radius 2 is 2.22 bits per heavy atom. The third kappa shape index (κ3) is 3.36. The van der Waals surface area contributed by atoms with Crippen molar-refractivity contribution in [3.8, 4) is 0 Å². The minimum Gasteiger partial charge on any atom is -0.380 e. The number of anilines is 1. The van der Waals surface area contributed by atoms with E-state index in [2.05, 4.69) is 21.2 Å². The normalized spacial score (nSPS) is 31.0. The molecule has 0 amide bonds. The van der Waals surface area contributed by atoms with Crippen LogP contribution >= 0.6 is 0 Å². The van der Waals surface area contributed by atoms with Crippen molar-refractivity contribution in [2.24, 2.45) is 11.3 Å². The Kier molecular flexibility index (Phi) is 4.24. The van der Waals surface area contributed by atoms with Crippen molar-refractivity contribution in [3.05, 3.63) is 17.8 Å². The van der Waals surface area contributed by atoms with E-state index >= 15 is 0 Å². The second-order valence-electron chi connectivity index (χ2n) is 7.53. The first-order valence-corrected chi connectivity index (χ1v) is 9.00. The van der Waals surface area contributed by atoms with Crippen molar-refractivity contribution in [1.82, 2.24) is 10.2 Å². The summed E-state index contributed by atoms with van der Waals surface area (Å²) >= 11 is 0. The molecule has 126 valence electrons. The Morgan fingerprint density at radius 1 is 1.30 bits per heavy atom. The number of rotatable bonds is 5.